The molecule has 1 aliphatic heterocycles. The van der Waals surface area contributed by atoms with Crippen LogP contribution < -0.4 is 9.62 Å². The summed E-state index contributed by atoms with van der Waals surface area (Å²) >= 11 is 0. The van der Waals surface area contributed by atoms with E-state index in [9.17, 15) is 13.5 Å². The Bertz CT molecular complexity index is 1250. The number of benzene rings is 3. The number of aromatic hydroxyl groups is 1. The van der Waals surface area contributed by atoms with Gasteiger partial charge in [0, 0.05) is 24.2 Å². The number of anilines is 2. The number of fused-ring (bicyclic) bond motifs is 3. The number of phenols is 1. The largest absolute Gasteiger partial charge is 0.508 e. The van der Waals surface area contributed by atoms with Gasteiger partial charge in [-0.05, 0) is 54.3 Å². The predicted octanol–water partition coefficient (Wildman–Crippen LogP) is 5.04. The van der Waals surface area contributed by atoms with Crippen molar-refractivity contribution in [3.8, 4) is 5.75 Å². The number of nitrogens with zero attached hydrogens (tertiary/aromatic N) is 1. The van der Waals surface area contributed by atoms with Crippen molar-refractivity contribution in [3.05, 3.63) is 96.1 Å². The van der Waals surface area contributed by atoms with Crippen molar-refractivity contribution in [1.82, 2.24) is 0 Å². The van der Waals surface area contributed by atoms with Crippen molar-refractivity contribution < 1.29 is 13.5 Å². The van der Waals surface area contributed by atoms with E-state index in [0.717, 1.165) is 23.2 Å². The van der Waals surface area contributed by atoms with Gasteiger partial charge in [0.05, 0.1) is 16.6 Å². The molecule has 0 radical (unpaired) electrons. The predicted molar refractivity (Wildman–Crippen MR) is 123 cm³/mol. The molecule has 0 spiro atoms. The number of phenolic OH excluding ortho intramolecular Hbond substituents is 1. The van der Waals surface area contributed by atoms with Crippen LogP contribution in [0, 0.1) is 5.92 Å². The highest BCUT2D eigenvalue weighted by Gasteiger charge is 2.39. The van der Waals surface area contributed by atoms with E-state index >= 15 is 0 Å². The third-order valence-corrected chi connectivity index (χ3v) is 8.17. The summed E-state index contributed by atoms with van der Waals surface area (Å²) in [6.45, 7) is 0. The fourth-order valence-electron chi connectivity index (χ4n) is 4.73. The molecule has 0 fully saturated rings. The number of hydrogen-bond donors (Lipinski definition) is 2. The summed E-state index contributed by atoms with van der Waals surface area (Å²) in [6, 6.07) is 21.7. The molecule has 0 amide bonds. The second kappa shape index (κ2) is 7.46. The lowest BCUT2D eigenvalue weighted by molar-refractivity contribution is 0.402. The van der Waals surface area contributed by atoms with Crippen molar-refractivity contribution in [2.45, 2.75) is 23.3 Å². The molecule has 5 nitrogen and oxygen atoms in total. The summed E-state index contributed by atoms with van der Waals surface area (Å²) in [5, 5.41) is 14.0. The van der Waals surface area contributed by atoms with Crippen LogP contribution in [0.15, 0.2) is 89.8 Å². The number of sulfonamides is 1. The third-order valence-electron chi connectivity index (χ3n) is 6.38. The van der Waals surface area contributed by atoms with Crippen LogP contribution in [0.25, 0.3) is 0 Å². The normalized spacial score (nSPS) is 21.8. The minimum atomic E-state index is -3.69. The van der Waals surface area contributed by atoms with Gasteiger partial charge in [-0.25, -0.2) is 8.42 Å². The highest BCUT2D eigenvalue weighted by atomic mass is 32.2. The number of hydrogen-bond acceptors (Lipinski definition) is 4. The van der Waals surface area contributed by atoms with Gasteiger partial charge < -0.3 is 10.4 Å². The molecule has 0 saturated carbocycles. The monoisotopic (exact) mass is 432 g/mol. The molecule has 1 heterocycles. The van der Waals surface area contributed by atoms with E-state index in [1.54, 1.807) is 37.4 Å². The Morgan fingerprint density at radius 2 is 1.71 bits per heavy atom. The first-order valence-corrected chi connectivity index (χ1v) is 11.8. The van der Waals surface area contributed by atoms with E-state index in [1.165, 1.54) is 4.31 Å². The summed E-state index contributed by atoms with van der Waals surface area (Å²) in [7, 11) is -2.11. The maximum atomic E-state index is 13.3. The SMILES string of the molecule is CN(c1ccccc1)S(=O)(=O)c1ccc2c(c1)C1C=CCC1C(c1ccccc1O)N2. The van der Waals surface area contributed by atoms with Crippen molar-refractivity contribution in [1.29, 1.82) is 0 Å². The van der Waals surface area contributed by atoms with Gasteiger partial charge in [0.1, 0.15) is 5.75 Å². The van der Waals surface area contributed by atoms with Gasteiger partial charge >= 0.3 is 0 Å². The van der Waals surface area contributed by atoms with E-state index in [0.29, 0.717) is 5.69 Å². The van der Waals surface area contributed by atoms with Gasteiger partial charge in [0.2, 0.25) is 0 Å². The molecule has 3 aromatic rings. The van der Waals surface area contributed by atoms with Crippen LogP contribution in [-0.4, -0.2) is 20.6 Å². The highest BCUT2D eigenvalue weighted by molar-refractivity contribution is 7.92. The van der Waals surface area contributed by atoms with Crippen LogP contribution in [0.5, 0.6) is 5.75 Å². The Hall–Kier alpha value is -3.25. The minimum absolute atomic E-state index is 0.0388. The topological polar surface area (TPSA) is 69.6 Å². The molecule has 2 N–H and O–H groups in total. The molecule has 0 aromatic heterocycles. The molecule has 31 heavy (non-hydrogen) atoms. The molecule has 3 unspecified atom stereocenters. The van der Waals surface area contributed by atoms with E-state index in [4.69, 9.17) is 0 Å². The summed E-state index contributed by atoms with van der Waals surface area (Å²) in [5.41, 5.74) is 3.37. The van der Waals surface area contributed by atoms with Crippen LogP contribution in [0.4, 0.5) is 11.4 Å². The van der Waals surface area contributed by atoms with E-state index in [-0.39, 0.29) is 28.5 Å². The first-order valence-electron chi connectivity index (χ1n) is 10.4. The van der Waals surface area contributed by atoms with Crippen LogP contribution in [0.2, 0.25) is 0 Å². The Morgan fingerprint density at radius 1 is 0.968 bits per heavy atom. The lowest BCUT2D eigenvalue weighted by Crippen LogP contribution is -2.30. The molecular formula is C25H24N2O3S. The van der Waals surface area contributed by atoms with Gasteiger partial charge in [-0.15, -0.1) is 0 Å². The van der Waals surface area contributed by atoms with Crippen LogP contribution >= 0.6 is 0 Å². The molecule has 1 aliphatic carbocycles. The van der Waals surface area contributed by atoms with Crippen molar-refractivity contribution in [2.75, 3.05) is 16.7 Å². The average molecular weight is 433 g/mol. The van der Waals surface area contributed by atoms with Crippen molar-refractivity contribution >= 4 is 21.4 Å². The Kier molecular flexibility index (Phi) is 4.74. The zero-order valence-electron chi connectivity index (χ0n) is 17.1. The quantitative estimate of drug-likeness (QED) is 0.567. The minimum Gasteiger partial charge on any atom is -0.508 e. The molecule has 3 aromatic carbocycles. The van der Waals surface area contributed by atoms with Gasteiger partial charge in [-0.2, -0.15) is 0 Å². The summed E-state index contributed by atoms with van der Waals surface area (Å²) < 4.78 is 27.9. The average Bonchev–Trinajstić information content (AvgIpc) is 3.29. The number of rotatable bonds is 4. The van der Waals surface area contributed by atoms with Crippen LogP contribution in [0.1, 0.15) is 29.5 Å². The van der Waals surface area contributed by atoms with E-state index in [2.05, 4.69) is 17.5 Å². The molecule has 5 rings (SSSR count). The zero-order chi connectivity index (χ0) is 21.6. The number of nitrogens with one attached hydrogen (secondary N) is 1. The molecule has 2 aliphatic rings. The zero-order valence-corrected chi connectivity index (χ0v) is 18.0. The molecule has 3 atom stereocenters. The van der Waals surface area contributed by atoms with Crippen LogP contribution in [-0.2, 0) is 10.0 Å². The first-order chi connectivity index (χ1) is 15.0. The fraction of sp³-hybridized carbons (Fsp3) is 0.200. The fourth-order valence-corrected chi connectivity index (χ4v) is 5.96. The van der Waals surface area contributed by atoms with E-state index in [1.807, 2.05) is 42.5 Å². The standard InChI is InChI=1S/C25H24N2O3S/c1-27(17-8-3-2-4-9-17)31(29,30)18-14-15-23-22(16-18)19-11-7-12-20(19)25(26-23)21-10-5-6-13-24(21)28/h2-11,13-16,19-20,25-26,28H,12H2,1H3. The van der Waals surface area contributed by atoms with Crippen molar-refractivity contribution in [3.63, 3.8) is 0 Å². The van der Waals surface area contributed by atoms with Crippen LogP contribution in [0.3, 0.4) is 0 Å². The van der Waals surface area contributed by atoms with Gasteiger partial charge in [0.15, 0.2) is 0 Å². The summed E-state index contributed by atoms with van der Waals surface area (Å²) in [5.74, 6) is 0.585. The molecule has 0 saturated heterocycles. The summed E-state index contributed by atoms with van der Waals surface area (Å²) in [6.07, 6.45) is 5.18. The smallest absolute Gasteiger partial charge is 0.264 e. The molecule has 0 bridgehead atoms. The maximum absolute atomic E-state index is 13.3. The first kappa shape index (κ1) is 19.7. The summed E-state index contributed by atoms with van der Waals surface area (Å²) in [4.78, 5) is 0.277. The second-order valence-electron chi connectivity index (χ2n) is 8.09. The van der Waals surface area contributed by atoms with Crippen molar-refractivity contribution in [2.24, 2.45) is 5.92 Å². The highest BCUT2D eigenvalue weighted by Crippen LogP contribution is 2.51. The van der Waals surface area contributed by atoms with Gasteiger partial charge in [0.25, 0.3) is 10.0 Å². The molecule has 158 valence electrons. The third kappa shape index (κ3) is 3.27. The molecular weight excluding hydrogens is 408 g/mol. The number of para-hydroxylation sites is 2. The van der Waals surface area contributed by atoms with Gasteiger partial charge in [-0.3, -0.25) is 4.31 Å². The Balaban J connectivity index is 1.54. The maximum Gasteiger partial charge on any atom is 0.264 e. The second-order valence-corrected chi connectivity index (χ2v) is 10.1. The van der Waals surface area contributed by atoms with E-state index < -0.39 is 10.0 Å². The molecule has 6 heteroatoms. The Labute approximate surface area is 182 Å². The lowest BCUT2D eigenvalue weighted by atomic mass is 9.77. The Morgan fingerprint density at radius 3 is 2.48 bits per heavy atom. The lowest BCUT2D eigenvalue weighted by Gasteiger charge is -2.38. The number of allylic oxidation sites excluding steroid dienone is 2. The van der Waals surface area contributed by atoms with Gasteiger partial charge in [-0.1, -0.05) is 48.6 Å².